The largest absolute Gasteiger partial charge is 0.396 e. The van der Waals surface area contributed by atoms with Crippen LogP contribution in [0.2, 0.25) is 0 Å². The van der Waals surface area contributed by atoms with E-state index in [2.05, 4.69) is 17.4 Å². The number of aryl methyl sites for hydroxylation is 2. The molecule has 1 unspecified atom stereocenters. The third-order valence-electron chi connectivity index (χ3n) is 3.78. The Hall–Kier alpha value is -2.07. The van der Waals surface area contributed by atoms with Crippen LogP contribution in [0.1, 0.15) is 29.4 Å². The molecule has 118 valence electrons. The minimum Gasteiger partial charge on any atom is -0.396 e. The predicted octanol–water partition coefficient (Wildman–Crippen LogP) is 2.48. The van der Waals surface area contributed by atoms with Crippen molar-refractivity contribution in [2.45, 2.75) is 26.3 Å². The van der Waals surface area contributed by atoms with Gasteiger partial charge in [0.05, 0.1) is 0 Å². The second kappa shape index (κ2) is 8.39. The number of aromatic nitrogens is 1. The first kappa shape index (κ1) is 16.3. The van der Waals surface area contributed by atoms with Crippen LogP contribution in [-0.2, 0) is 13.0 Å². The third kappa shape index (κ3) is 4.74. The summed E-state index contributed by atoms with van der Waals surface area (Å²) in [5, 5.41) is 11.8. The molecule has 22 heavy (non-hydrogen) atoms. The standard InChI is InChI=1S/C18H24N2O2/c1-15(10-13-21)14-19-18(22)17-8-5-11-20(17)12-9-16-6-3-2-4-7-16/h2-8,11,15,21H,9-10,12-14H2,1H3,(H,19,22). The first-order valence-electron chi connectivity index (χ1n) is 7.79. The van der Waals surface area contributed by atoms with Crippen molar-refractivity contribution in [1.29, 1.82) is 0 Å². The molecule has 0 aliphatic rings. The molecular weight excluding hydrogens is 276 g/mol. The minimum atomic E-state index is -0.0529. The molecule has 0 aliphatic heterocycles. The Morgan fingerprint density at radius 1 is 1.23 bits per heavy atom. The lowest BCUT2D eigenvalue weighted by Gasteiger charge is -2.13. The van der Waals surface area contributed by atoms with Crippen LogP contribution < -0.4 is 5.32 Å². The molecule has 1 heterocycles. The van der Waals surface area contributed by atoms with Crippen molar-refractivity contribution in [1.82, 2.24) is 9.88 Å². The van der Waals surface area contributed by atoms with Gasteiger partial charge in [-0.25, -0.2) is 0 Å². The van der Waals surface area contributed by atoms with Crippen molar-refractivity contribution < 1.29 is 9.90 Å². The third-order valence-corrected chi connectivity index (χ3v) is 3.78. The Morgan fingerprint density at radius 3 is 2.73 bits per heavy atom. The molecule has 1 aromatic carbocycles. The second-order valence-corrected chi connectivity index (χ2v) is 5.65. The number of hydrogen-bond donors (Lipinski definition) is 2. The van der Waals surface area contributed by atoms with E-state index < -0.39 is 0 Å². The van der Waals surface area contributed by atoms with Crippen molar-refractivity contribution in [3.8, 4) is 0 Å². The molecule has 2 N–H and O–H groups in total. The summed E-state index contributed by atoms with van der Waals surface area (Å²) in [5.41, 5.74) is 1.95. The lowest BCUT2D eigenvalue weighted by molar-refractivity contribution is 0.0936. The highest BCUT2D eigenvalue weighted by molar-refractivity contribution is 5.92. The smallest absolute Gasteiger partial charge is 0.267 e. The van der Waals surface area contributed by atoms with Gasteiger partial charge in [0.15, 0.2) is 0 Å². The molecule has 0 radical (unpaired) electrons. The van der Waals surface area contributed by atoms with Gasteiger partial charge >= 0.3 is 0 Å². The zero-order valence-corrected chi connectivity index (χ0v) is 13.0. The first-order valence-corrected chi connectivity index (χ1v) is 7.79. The van der Waals surface area contributed by atoms with E-state index in [1.54, 1.807) is 0 Å². The van der Waals surface area contributed by atoms with Gasteiger partial charge < -0.3 is 15.0 Å². The van der Waals surface area contributed by atoms with Crippen LogP contribution in [0.15, 0.2) is 48.7 Å². The van der Waals surface area contributed by atoms with Crippen LogP contribution in [0.5, 0.6) is 0 Å². The zero-order chi connectivity index (χ0) is 15.8. The number of carbonyl (C=O) groups excluding carboxylic acids is 1. The monoisotopic (exact) mass is 300 g/mol. The molecule has 1 amide bonds. The van der Waals surface area contributed by atoms with Crippen LogP contribution in [-0.4, -0.2) is 28.7 Å². The van der Waals surface area contributed by atoms with Gasteiger partial charge in [0.25, 0.3) is 5.91 Å². The highest BCUT2D eigenvalue weighted by Gasteiger charge is 2.11. The van der Waals surface area contributed by atoms with Crippen molar-refractivity contribution in [2.75, 3.05) is 13.2 Å². The Kier molecular flexibility index (Phi) is 6.22. The molecule has 4 nitrogen and oxygen atoms in total. The number of nitrogens with one attached hydrogen (secondary N) is 1. The van der Waals surface area contributed by atoms with Gasteiger partial charge in [0, 0.05) is 25.9 Å². The van der Waals surface area contributed by atoms with E-state index in [4.69, 9.17) is 5.11 Å². The van der Waals surface area contributed by atoms with E-state index in [0.29, 0.717) is 18.7 Å². The summed E-state index contributed by atoms with van der Waals surface area (Å²) in [5.74, 6) is 0.226. The first-order chi connectivity index (χ1) is 10.7. The quantitative estimate of drug-likeness (QED) is 0.787. The molecule has 0 saturated heterocycles. The molecule has 0 aliphatic carbocycles. The highest BCUT2D eigenvalue weighted by Crippen LogP contribution is 2.07. The SMILES string of the molecule is CC(CCO)CNC(=O)c1cccn1CCc1ccccc1. The fourth-order valence-corrected chi connectivity index (χ4v) is 2.39. The number of nitrogens with zero attached hydrogens (tertiary/aromatic N) is 1. The van der Waals surface area contributed by atoms with Gasteiger partial charge in [-0.1, -0.05) is 37.3 Å². The Balaban J connectivity index is 1.90. The predicted molar refractivity (Wildman–Crippen MR) is 87.8 cm³/mol. The molecule has 0 saturated carbocycles. The molecule has 2 rings (SSSR count). The number of aliphatic hydroxyl groups excluding tert-OH is 1. The van der Waals surface area contributed by atoms with E-state index in [9.17, 15) is 4.79 Å². The molecule has 1 aromatic heterocycles. The van der Waals surface area contributed by atoms with Crippen LogP contribution in [0.25, 0.3) is 0 Å². The van der Waals surface area contributed by atoms with Crippen LogP contribution in [0.3, 0.4) is 0 Å². The molecule has 0 bridgehead atoms. The number of aliphatic hydroxyl groups is 1. The Bertz CT molecular complexity index is 578. The summed E-state index contributed by atoms with van der Waals surface area (Å²) in [6.07, 6.45) is 3.54. The van der Waals surface area contributed by atoms with E-state index >= 15 is 0 Å². The Morgan fingerprint density at radius 2 is 2.00 bits per heavy atom. The van der Waals surface area contributed by atoms with Crippen molar-refractivity contribution in [3.05, 3.63) is 59.9 Å². The summed E-state index contributed by atoms with van der Waals surface area (Å²) in [6, 6.07) is 14.0. The fourth-order valence-electron chi connectivity index (χ4n) is 2.39. The van der Waals surface area contributed by atoms with Gasteiger partial charge in [-0.3, -0.25) is 4.79 Å². The topological polar surface area (TPSA) is 54.3 Å². The van der Waals surface area contributed by atoms with Gasteiger partial charge in [-0.05, 0) is 36.5 Å². The summed E-state index contributed by atoms with van der Waals surface area (Å²) >= 11 is 0. The maximum absolute atomic E-state index is 12.3. The molecule has 0 spiro atoms. The summed E-state index contributed by atoms with van der Waals surface area (Å²) < 4.78 is 1.99. The second-order valence-electron chi connectivity index (χ2n) is 5.65. The average molecular weight is 300 g/mol. The molecule has 1 atom stereocenters. The Labute approximate surface area is 131 Å². The summed E-state index contributed by atoms with van der Waals surface area (Å²) in [6.45, 7) is 3.55. The maximum Gasteiger partial charge on any atom is 0.267 e. The van der Waals surface area contributed by atoms with Crippen LogP contribution >= 0.6 is 0 Å². The van der Waals surface area contributed by atoms with Crippen LogP contribution in [0.4, 0.5) is 0 Å². The van der Waals surface area contributed by atoms with Gasteiger partial charge in [-0.2, -0.15) is 0 Å². The average Bonchev–Trinajstić information content (AvgIpc) is 3.00. The van der Waals surface area contributed by atoms with E-state index in [1.165, 1.54) is 5.56 Å². The number of rotatable bonds is 8. The molecular formula is C18H24N2O2. The number of hydrogen-bond acceptors (Lipinski definition) is 2. The van der Waals surface area contributed by atoms with E-state index in [0.717, 1.165) is 13.0 Å². The van der Waals surface area contributed by atoms with Crippen molar-refractivity contribution >= 4 is 5.91 Å². The van der Waals surface area contributed by atoms with E-state index in [-0.39, 0.29) is 18.4 Å². The molecule has 2 aromatic rings. The number of amides is 1. The zero-order valence-electron chi connectivity index (χ0n) is 13.0. The summed E-state index contributed by atoms with van der Waals surface area (Å²) in [4.78, 5) is 12.3. The lowest BCUT2D eigenvalue weighted by atomic mass is 10.1. The normalized spacial score (nSPS) is 12.1. The highest BCUT2D eigenvalue weighted by atomic mass is 16.3. The van der Waals surface area contributed by atoms with Crippen LogP contribution in [0, 0.1) is 5.92 Å². The van der Waals surface area contributed by atoms with E-state index in [1.807, 2.05) is 48.0 Å². The summed E-state index contributed by atoms with van der Waals surface area (Å²) in [7, 11) is 0. The molecule has 4 heteroatoms. The minimum absolute atomic E-state index is 0.0529. The van der Waals surface area contributed by atoms with Crippen molar-refractivity contribution in [2.24, 2.45) is 5.92 Å². The lowest BCUT2D eigenvalue weighted by Crippen LogP contribution is -2.30. The molecule has 0 fully saturated rings. The van der Waals surface area contributed by atoms with Crippen molar-refractivity contribution in [3.63, 3.8) is 0 Å². The van der Waals surface area contributed by atoms with Gasteiger partial charge in [-0.15, -0.1) is 0 Å². The number of carbonyl (C=O) groups is 1. The maximum atomic E-state index is 12.3. The fraction of sp³-hybridized carbons (Fsp3) is 0.389. The van der Waals surface area contributed by atoms with Gasteiger partial charge in [0.2, 0.25) is 0 Å². The number of benzene rings is 1. The van der Waals surface area contributed by atoms with Gasteiger partial charge in [0.1, 0.15) is 5.69 Å².